The Balaban J connectivity index is 1.59. The van der Waals surface area contributed by atoms with E-state index in [1.165, 1.54) is 37.9 Å². The maximum Gasteiger partial charge on any atom is 0.255 e. The minimum atomic E-state index is -0.0595. The molecule has 0 aromatic heterocycles. The first-order valence-electron chi connectivity index (χ1n) is 7.99. The lowest BCUT2D eigenvalue weighted by Gasteiger charge is -2.26. The van der Waals surface area contributed by atoms with Gasteiger partial charge in [0, 0.05) is 17.8 Å². The minimum absolute atomic E-state index is 0.0595. The molecule has 1 N–H and O–H groups in total. The molecular formula is C19H22N2O. The van der Waals surface area contributed by atoms with Crippen LogP contribution in [0.1, 0.15) is 35.2 Å². The van der Waals surface area contributed by atoms with Crippen molar-refractivity contribution in [1.82, 2.24) is 4.90 Å². The zero-order valence-corrected chi connectivity index (χ0v) is 12.8. The fourth-order valence-electron chi connectivity index (χ4n) is 2.86. The van der Waals surface area contributed by atoms with E-state index in [1.54, 1.807) is 0 Å². The van der Waals surface area contributed by atoms with Crippen LogP contribution >= 0.6 is 0 Å². The van der Waals surface area contributed by atoms with Crippen molar-refractivity contribution in [1.29, 1.82) is 0 Å². The lowest BCUT2D eigenvalue weighted by atomic mass is 10.1. The Morgan fingerprint density at radius 2 is 1.59 bits per heavy atom. The molecule has 0 aliphatic carbocycles. The van der Waals surface area contributed by atoms with Gasteiger partial charge in [-0.2, -0.15) is 0 Å². The van der Waals surface area contributed by atoms with E-state index in [0.29, 0.717) is 5.56 Å². The summed E-state index contributed by atoms with van der Waals surface area (Å²) in [6.45, 7) is 3.37. The summed E-state index contributed by atoms with van der Waals surface area (Å²) in [7, 11) is 0. The van der Waals surface area contributed by atoms with E-state index < -0.39 is 0 Å². The number of carbonyl (C=O) groups is 1. The molecule has 1 heterocycles. The van der Waals surface area contributed by atoms with Crippen LogP contribution in [0.3, 0.4) is 0 Å². The molecule has 0 bridgehead atoms. The van der Waals surface area contributed by atoms with Crippen molar-refractivity contribution in [2.24, 2.45) is 0 Å². The topological polar surface area (TPSA) is 32.3 Å². The number of carbonyl (C=O) groups excluding carboxylic acids is 1. The Kier molecular flexibility index (Phi) is 4.86. The second-order valence-corrected chi connectivity index (χ2v) is 5.85. The molecule has 1 fully saturated rings. The van der Waals surface area contributed by atoms with Crippen LogP contribution in [-0.2, 0) is 6.54 Å². The highest BCUT2D eigenvalue weighted by Crippen LogP contribution is 2.14. The zero-order chi connectivity index (χ0) is 15.2. The standard InChI is InChI=1S/C19H22N2O/c22-19(20-18-7-3-1-4-8-18)17-11-9-16(10-12-17)15-21-13-5-2-6-14-21/h1,3-4,7-12H,2,5-6,13-15H2,(H,20,22). The lowest BCUT2D eigenvalue weighted by molar-refractivity contribution is 0.102. The molecule has 0 atom stereocenters. The molecule has 3 rings (SSSR count). The summed E-state index contributed by atoms with van der Waals surface area (Å²) in [4.78, 5) is 14.7. The Labute approximate surface area is 132 Å². The molecule has 114 valence electrons. The molecule has 2 aromatic rings. The SMILES string of the molecule is O=C(Nc1ccccc1)c1ccc(CN2CCCCC2)cc1. The number of nitrogens with zero attached hydrogens (tertiary/aromatic N) is 1. The molecule has 3 heteroatoms. The van der Waals surface area contributed by atoms with Crippen LogP contribution < -0.4 is 5.32 Å². The number of hydrogen-bond acceptors (Lipinski definition) is 2. The molecule has 1 aliphatic rings. The smallest absolute Gasteiger partial charge is 0.255 e. The van der Waals surface area contributed by atoms with Gasteiger partial charge in [-0.25, -0.2) is 0 Å². The summed E-state index contributed by atoms with van der Waals surface area (Å²) >= 11 is 0. The zero-order valence-electron chi connectivity index (χ0n) is 12.8. The second-order valence-electron chi connectivity index (χ2n) is 5.85. The predicted molar refractivity (Wildman–Crippen MR) is 90.0 cm³/mol. The average Bonchev–Trinajstić information content (AvgIpc) is 2.57. The minimum Gasteiger partial charge on any atom is -0.322 e. The van der Waals surface area contributed by atoms with E-state index in [2.05, 4.69) is 22.3 Å². The average molecular weight is 294 g/mol. The molecule has 0 spiro atoms. The van der Waals surface area contributed by atoms with Crippen molar-refractivity contribution in [3.63, 3.8) is 0 Å². The maximum absolute atomic E-state index is 12.2. The molecule has 1 aliphatic heterocycles. The molecule has 0 unspecified atom stereocenters. The first-order valence-corrected chi connectivity index (χ1v) is 7.99. The maximum atomic E-state index is 12.2. The van der Waals surface area contributed by atoms with Crippen molar-refractivity contribution in [3.05, 3.63) is 65.7 Å². The number of likely N-dealkylation sites (tertiary alicyclic amines) is 1. The summed E-state index contributed by atoms with van der Waals surface area (Å²) in [5.74, 6) is -0.0595. The number of anilines is 1. The van der Waals surface area contributed by atoms with Crippen LogP contribution in [0.5, 0.6) is 0 Å². The van der Waals surface area contributed by atoms with Crippen LogP contribution in [0.2, 0.25) is 0 Å². The van der Waals surface area contributed by atoms with Gasteiger partial charge in [-0.15, -0.1) is 0 Å². The van der Waals surface area contributed by atoms with Crippen molar-refractivity contribution in [3.8, 4) is 0 Å². The molecule has 22 heavy (non-hydrogen) atoms. The molecule has 0 saturated carbocycles. The fraction of sp³-hybridized carbons (Fsp3) is 0.316. The van der Waals surface area contributed by atoms with Crippen LogP contribution in [-0.4, -0.2) is 23.9 Å². The first kappa shape index (κ1) is 14.8. The summed E-state index contributed by atoms with van der Waals surface area (Å²) in [6.07, 6.45) is 3.96. The molecule has 3 nitrogen and oxygen atoms in total. The highest BCUT2D eigenvalue weighted by molar-refractivity contribution is 6.04. The third kappa shape index (κ3) is 3.95. The van der Waals surface area contributed by atoms with Gasteiger partial charge >= 0.3 is 0 Å². The quantitative estimate of drug-likeness (QED) is 0.926. The lowest BCUT2D eigenvalue weighted by Crippen LogP contribution is -2.29. The van der Waals surface area contributed by atoms with Crippen LogP contribution in [0, 0.1) is 0 Å². The van der Waals surface area contributed by atoms with Crippen molar-refractivity contribution < 1.29 is 4.79 Å². The van der Waals surface area contributed by atoms with Gasteiger partial charge in [0.2, 0.25) is 0 Å². The third-order valence-corrected chi connectivity index (χ3v) is 4.10. The Hall–Kier alpha value is -2.13. The van der Waals surface area contributed by atoms with Gasteiger partial charge in [-0.05, 0) is 55.8 Å². The Morgan fingerprint density at radius 3 is 2.27 bits per heavy atom. The highest BCUT2D eigenvalue weighted by Gasteiger charge is 2.11. The van der Waals surface area contributed by atoms with E-state index >= 15 is 0 Å². The van der Waals surface area contributed by atoms with Crippen LogP contribution in [0.15, 0.2) is 54.6 Å². The molecule has 2 aromatic carbocycles. The second kappa shape index (κ2) is 7.23. The van der Waals surface area contributed by atoms with E-state index in [1.807, 2.05) is 42.5 Å². The van der Waals surface area contributed by atoms with Gasteiger partial charge in [0.25, 0.3) is 5.91 Å². The first-order chi connectivity index (χ1) is 10.8. The van der Waals surface area contributed by atoms with E-state index in [-0.39, 0.29) is 5.91 Å². The largest absolute Gasteiger partial charge is 0.322 e. The normalized spacial score (nSPS) is 15.5. The third-order valence-electron chi connectivity index (χ3n) is 4.10. The summed E-state index contributed by atoms with van der Waals surface area (Å²) in [6, 6.07) is 17.5. The van der Waals surface area contributed by atoms with Crippen molar-refractivity contribution in [2.75, 3.05) is 18.4 Å². The van der Waals surface area contributed by atoms with E-state index in [4.69, 9.17) is 0 Å². The fourth-order valence-corrected chi connectivity index (χ4v) is 2.86. The van der Waals surface area contributed by atoms with E-state index in [0.717, 1.165) is 12.2 Å². The van der Waals surface area contributed by atoms with Crippen molar-refractivity contribution in [2.45, 2.75) is 25.8 Å². The summed E-state index contributed by atoms with van der Waals surface area (Å²) in [5.41, 5.74) is 2.80. The van der Waals surface area contributed by atoms with Gasteiger partial charge in [0.15, 0.2) is 0 Å². The summed E-state index contributed by atoms with van der Waals surface area (Å²) in [5, 5.41) is 2.91. The number of rotatable bonds is 4. The van der Waals surface area contributed by atoms with Gasteiger partial charge in [0.1, 0.15) is 0 Å². The van der Waals surface area contributed by atoms with Gasteiger partial charge in [-0.3, -0.25) is 9.69 Å². The summed E-state index contributed by atoms with van der Waals surface area (Å²) < 4.78 is 0. The number of piperidine rings is 1. The number of para-hydroxylation sites is 1. The van der Waals surface area contributed by atoms with Crippen molar-refractivity contribution >= 4 is 11.6 Å². The van der Waals surface area contributed by atoms with E-state index in [9.17, 15) is 4.79 Å². The van der Waals surface area contributed by atoms with Gasteiger partial charge in [-0.1, -0.05) is 36.8 Å². The van der Waals surface area contributed by atoms with Crippen LogP contribution in [0.25, 0.3) is 0 Å². The number of amides is 1. The molecule has 0 radical (unpaired) electrons. The predicted octanol–water partition coefficient (Wildman–Crippen LogP) is 3.92. The number of nitrogens with one attached hydrogen (secondary N) is 1. The number of hydrogen-bond donors (Lipinski definition) is 1. The monoisotopic (exact) mass is 294 g/mol. The molecular weight excluding hydrogens is 272 g/mol. The molecule has 1 saturated heterocycles. The molecule has 1 amide bonds. The van der Waals surface area contributed by atoms with Crippen LogP contribution in [0.4, 0.5) is 5.69 Å². The van der Waals surface area contributed by atoms with Gasteiger partial charge < -0.3 is 5.32 Å². The Morgan fingerprint density at radius 1 is 0.909 bits per heavy atom. The Bertz CT molecular complexity index is 601. The number of benzene rings is 2. The highest BCUT2D eigenvalue weighted by atomic mass is 16.1. The van der Waals surface area contributed by atoms with Gasteiger partial charge in [0.05, 0.1) is 0 Å².